The molecule has 144 valence electrons. The van der Waals surface area contributed by atoms with E-state index in [0.717, 1.165) is 36.5 Å². The van der Waals surface area contributed by atoms with Gasteiger partial charge in [0.15, 0.2) is 17.5 Å². The van der Waals surface area contributed by atoms with Gasteiger partial charge in [0.1, 0.15) is 5.82 Å². The fourth-order valence-electron chi connectivity index (χ4n) is 5.26. The zero-order chi connectivity index (χ0) is 19.1. The molecule has 0 heterocycles. The van der Waals surface area contributed by atoms with Crippen LogP contribution in [0.25, 0.3) is 11.1 Å². The highest BCUT2D eigenvalue weighted by Crippen LogP contribution is 2.49. The van der Waals surface area contributed by atoms with Crippen molar-refractivity contribution in [3.8, 4) is 11.1 Å². The van der Waals surface area contributed by atoms with Crippen LogP contribution in [0.5, 0.6) is 0 Å². The number of benzene rings is 2. The minimum atomic E-state index is -1.52. The molecule has 2 aliphatic rings. The molecule has 0 nitrogen and oxygen atoms in total. The Balaban J connectivity index is 1.68. The van der Waals surface area contributed by atoms with Crippen LogP contribution in [0.1, 0.15) is 62.5 Å². The van der Waals surface area contributed by atoms with Crippen molar-refractivity contribution in [3.63, 3.8) is 0 Å². The van der Waals surface area contributed by atoms with Crippen LogP contribution in [-0.2, 0) is 6.42 Å². The maximum Gasteiger partial charge on any atom is 0.194 e. The van der Waals surface area contributed by atoms with Crippen LogP contribution in [0.4, 0.5) is 17.6 Å². The molecule has 2 aliphatic carbocycles. The molecule has 0 radical (unpaired) electrons. The van der Waals surface area contributed by atoms with E-state index >= 15 is 4.39 Å². The van der Waals surface area contributed by atoms with Crippen LogP contribution in [0.15, 0.2) is 24.3 Å². The zero-order valence-corrected chi connectivity index (χ0v) is 15.5. The van der Waals surface area contributed by atoms with Crippen molar-refractivity contribution in [1.82, 2.24) is 0 Å². The average molecular weight is 376 g/mol. The first-order valence-electron chi connectivity index (χ1n) is 9.95. The van der Waals surface area contributed by atoms with Crippen LogP contribution in [-0.4, -0.2) is 0 Å². The second kappa shape index (κ2) is 7.29. The van der Waals surface area contributed by atoms with Gasteiger partial charge in [-0.3, -0.25) is 0 Å². The minimum absolute atomic E-state index is 0.0421. The highest BCUT2D eigenvalue weighted by Gasteiger charge is 2.36. The monoisotopic (exact) mass is 376 g/mol. The van der Waals surface area contributed by atoms with Crippen molar-refractivity contribution in [2.24, 2.45) is 11.8 Å². The maximum atomic E-state index is 15.2. The van der Waals surface area contributed by atoms with E-state index in [9.17, 15) is 13.2 Å². The molecule has 1 saturated carbocycles. The Morgan fingerprint density at radius 1 is 0.926 bits per heavy atom. The SMILES string of the molecule is CCC[C@@H]1CC[C@@H]2c3ccc(-c4cc(F)c(F)c(F)c4)c(F)c3CC[C@@H]2C1. The highest BCUT2D eigenvalue weighted by atomic mass is 19.2. The summed E-state index contributed by atoms with van der Waals surface area (Å²) in [5.41, 5.74) is 1.92. The summed E-state index contributed by atoms with van der Waals surface area (Å²) in [5, 5.41) is 0. The summed E-state index contributed by atoms with van der Waals surface area (Å²) < 4.78 is 55.6. The Morgan fingerprint density at radius 3 is 2.37 bits per heavy atom. The van der Waals surface area contributed by atoms with Crippen LogP contribution < -0.4 is 0 Å². The molecule has 0 aromatic heterocycles. The van der Waals surface area contributed by atoms with E-state index in [1.165, 1.54) is 25.7 Å². The number of rotatable bonds is 3. The van der Waals surface area contributed by atoms with Crippen LogP contribution in [0.2, 0.25) is 0 Å². The summed E-state index contributed by atoms with van der Waals surface area (Å²) in [6.45, 7) is 2.22. The van der Waals surface area contributed by atoms with Crippen molar-refractivity contribution in [3.05, 3.63) is 58.7 Å². The fraction of sp³-hybridized carbons (Fsp3) is 0.478. The molecule has 0 unspecified atom stereocenters. The standard InChI is InChI=1S/C23H24F4/c1-2-3-13-4-6-16-14(10-13)5-7-19-18(16)9-8-17(22(19)26)15-11-20(24)23(27)21(25)12-15/h8-9,11-14,16H,2-7,10H2,1H3/t13-,14-,16+/m1/s1. The summed E-state index contributed by atoms with van der Waals surface area (Å²) in [5.74, 6) is -2.75. The molecule has 1 fully saturated rings. The van der Waals surface area contributed by atoms with Gasteiger partial charge in [0.05, 0.1) is 0 Å². The van der Waals surface area contributed by atoms with Gasteiger partial charge in [-0.1, -0.05) is 31.9 Å². The third kappa shape index (κ3) is 3.28. The summed E-state index contributed by atoms with van der Waals surface area (Å²) >= 11 is 0. The topological polar surface area (TPSA) is 0 Å². The van der Waals surface area contributed by atoms with Crippen molar-refractivity contribution in [1.29, 1.82) is 0 Å². The van der Waals surface area contributed by atoms with Gasteiger partial charge in [0.2, 0.25) is 0 Å². The normalized spacial score (nSPS) is 24.4. The Kier molecular flexibility index (Phi) is 5.00. The molecule has 0 bridgehead atoms. The second-order valence-corrected chi connectivity index (χ2v) is 8.12. The Morgan fingerprint density at radius 2 is 1.67 bits per heavy atom. The molecular weight excluding hydrogens is 352 g/mol. The predicted molar refractivity (Wildman–Crippen MR) is 98.5 cm³/mol. The molecule has 2 aromatic rings. The third-order valence-electron chi connectivity index (χ3n) is 6.53. The summed E-state index contributed by atoms with van der Waals surface area (Å²) in [6, 6.07) is 5.25. The minimum Gasteiger partial charge on any atom is -0.206 e. The first-order valence-corrected chi connectivity index (χ1v) is 9.95. The van der Waals surface area contributed by atoms with E-state index < -0.39 is 23.3 Å². The number of hydrogen-bond acceptors (Lipinski definition) is 0. The molecule has 3 atom stereocenters. The summed E-state index contributed by atoms with van der Waals surface area (Å²) in [7, 11) is 0. The van der Waals surface area contributed by atoms with Gasteiger partial charge in [0, 0.05) is 5.56 Å². The fourth-order valence-corrected chi connectivity index (χ4v) is 5.26. The van der Waals surface area contributed by atoms with Gasteiger partial charge >= 0.3 is 0 Å². The molecule has 0 N–H and O–H groups in total. The first-order chi connectivity index (χ1) is 13.0. The van der Waals surface area contributed by atoms with Crippen molar-refractivity contribution < 1.29 is 17.6 Å². The molecule has 27 heavy (non-hydrogen) atoms. The molecule has 2 aromatic carbocycles. The van der Waals surface area contributed by atoms with Crippen molar-refractivity contribution >= 4 is 0 Å². The quantitative estimate of drug-likeness (QED) is 0.394. The van der Waals surface area contributed by atoms with Gasteiger partial charge in [-0.05, 0) is 78.7 Å². The number of fused-ring (bicyclic) bond motifs is 3. The predicted octanol–water partition coefficient (Wildman–Crippen LogP) is 7.16. The lowest BCUT2D eigenvalue weighted by atomic mass is 9.64. The average Bonchev–Trinajstić information content (AvgIpc) is 2.66. The third-order valence-corrected chi connectivity index (χ3v) is 6.53. The zero-order valence-electron chi connectivity index (χ0n) is 15.5. The first kappa shape index (κ1) is 18.5. The van der Waals surface area contributed by atoms with Crippen LogP contribution in [0.3, 0.4) is 0 Å². The van der Waals surface area contributed by atoms with E-state index in [1.807, 2.05) is 6.07 Å². The molecule has 4 heteroatoms. The summed E-state index contributed by atoms with van der Waals surface area (Å²) in [4.78, 5) is 0. The van der Waals surface area contributed by atoms with Gasteiger partial charge in [0.25, 0.3) is 0 Å². The molecule has 0 saturated heterocycles. The van der Waals surface area contributed by atoms with E-state index in [4.69, 9.17) is 0 Å². The highest BCUT2D eigenvalue weighted by molar-refractivity contribution is 5.66. The van der Waals surface area contributed by atoms with E-state index in [-0.39, 0.29) is 11.1 Å². The Hall–Kier alpha value is -1.84. The lowest BCUT2D eigenvalue weighted by Crippen LogP contribution is -2.28. The largest absolute Gasteiger partial charge is 0.206 e. The van der Waals surface area contributed by atoms with Crippen LogP contribution in [0, 0.1) is 35.1 Å². The van der Waals surface area contributed by atoms with Gasteiger partial charge in [-0.2, -0.15) is 0 Å². The Bertz CT molecular complexity index is 835. The van der Waals surface area contributed by atoms with E-state index in [0.29, 0.717) is 23.8 Å². The smallest absolute Gasteiger partial charge is 0.194 e. The number of halogens is 4. The van der Waals surface area contributed by atoms with E-state index in [1.54, 1.807) is 6.07 Å². The lowest BCUT2D eigenvalue weighted by Gasteiger charge is -2.41. The van der Waals surface area contributed by atoms with Crippen LogP contribution >= 0.6 is 0 Å². The van der Waals surface area contributed by atoms with E-state index in [2.05, 4.69) is 6.92 Å². The second-order valence-electron chi connectivity index (χ2n) is 8.12. The number of hydrogen-bond donors (Lipinski definition) is 0. The van der Waals surface area contributed by atoms with Gasteiger partial charge in [-0.25, -0.2) is 17.6 Å². The maximum absolute atomic E-state index is 15.2. The molecular formula is C23H24F4. The van der Waals surface area contributed by atoms with Crippen molar-refractivity contribution in [2.75, 3.05) is 0 Å². The molecule has 0 aliphatic heterocycles. The Labute approximate surface area is 157 Å². The molecule has 0 amide bonds. The summed E-state index contributed by atoms with van der Waals surface area (Å²) in [6.07, 6.45) is 7.58. The van der Waals surface area contributed by atoms with Crippen molar-refractivity contribution in [2.45, 2.75) is 57.8 Å². The van der Waals surface area contributed by atoms with Gasteiger partial charge < -0.3 is 0 Å². The molecule has 4 rings (SSSR count). The lowest BCUT2D eigenvalue weighted by molar-refractivity contribution is 0.200. The van der Waals surface area contributed by atoms with Gasteiger partial charge in [-0.15, -0.1) is 0 Å². The molecule has 0 spiro atoms.